The normalized spacial score (nSPS) is 27.7. The van der Waals surface area contributed by atoms with Crippen LogP contribution in [0.3, 0.4) is 0 Å². The van der Waals surface area contributed by atoms with E-state index < -0.39 is 35.7 Å². The van der Waals surface area contributed by atoms with Gasteiger partial charge < -0.3 is 29.2 Å². The molecule has 9 heteroatoms. The van der Waals surface area contributed by atoms with Crippen LogP contribution < -0.4 is 0 Å². The highest BCUT2D eigenvalue weighted by Gasteiger charge is 2.56. The Labute approximate surface area is 213 Å². The third-order valence-electron chi connectivity index (χ3n) is 6.92. The number of hydrogen-bond donors (Lipinski definition) is 2. The van der Waals surface area contributed by atoms with Crippen LogP contribution in [0, 0.1) is 17.8 Å². The molecule has 1 heterocycles. The molecular weight excluding hydrogens is 468 g/mol. The Morgan fingerprint density at radius 3 is 2.47 bits per heavy atom. The molecule has 1 saturated heterocycles. The minimum absolute atomic E-state index is 0.0193. The van der Waals surface area contributed by atoms with Crippen molar-refractivity contribution in [3.8, 4) is 0 Å². The number of aliphatic hydroxyl groups excluding tert-OH is 2. The minimum atomic E-state index is -0.863. The zero-order valence-electron chi connectivity index (χ0n) is 22.2. The van der Waals surface area contributed by atoms with E-state index in [-0.39, 0.29) is 50.2 Å². The third kappa shape index (κ3) is 8.71. The molecule has 204 valence electrons. The van der Waals surface area contributed by atoms with Gasteiger partial charge in [0.2, 0.25) is 0 Å². The van der Waals surface area contributed by atoms with Crippen molar-refractivity contribution in [3.05, 3.63) is 23.8 Å². The summed E-state index contributed by atoms with van der Waals surface area (Å²) in [4.78, 5) is 36.5. The summed E-state index contributed by atoms with van der Waals surface area (Å²) in [6, 6.07) is 0. The largest absolute Gasteiger partial charge is 0.461 e. The van der Waals surface area contributed by atoms with E-state index in [4.69, 9.17) is 18.9 Å². The number of esters is 3. The van der Waals surface area contributed by atoms with Crippen LogP contribution in [0.15, 0.2) is 23.8 Å². The highest BCUT2D eigenvalue weighted by Crippen LogP contribution is 2.46. The van der Waals surface area contributed by atoms with Crippen LogP contribution in [0.5, 0.6) is 0 Å². The highest BCUT2D eigenvalue weighted by molar-refractivity contribution is 5.73. The SMILES string of the molecule is C=C(COC(C)=O)C1CC(OC(=O)CC(C)C)C(COC(=O)C(C)C(C)O)=CCCC2(CO)OC2C1. The van der Waals surface area contributed by atoms with E-state index in [1.54, 1.807) is 6.92 Å². The predicted octanol–water partition coefficient (Wildman–Crippen LogP) is 2.87. The Morgan fingerprint density at radius 2 is 1.89 bits per heavy atom. The van der Waals surface area contributed by atoms with Crippen LogP contribution in [0.1, 0.15) is 66.7 Å². The van der Waals surface area contributed by atoms with Crippen molar-refractivity contribution in [3.63, 3.8) is 0 Å². The average Bonchev–Trinajstić information content (AvgIpc) is 3.49. The van der Waals surface area contributed by atoms with Gasteiger partial charge in [0.05, 0.1) is 24.7 Å². The smallest absolute Gasteiger partial charge is 0.311 e. The molecule has 0 aromatic heterocycles. The first-order valence-electron chi connectivity index (χ1n) is 12.7. The second-order valence-corrected chi connectivity index (χ2v) is 10.5. The summed E-state index contributed by atoms with van der Waals surface area (Å²) in [7, 11) is 0. The Bertz CT molecular complexity index is 831. The number of fused-ring (bicyclic) bond motifs is 1. The molecule has 6 atom stereocenters. The maximum absolute atomic E-state index is 12.7. The first-order chi connectivity index (χ1) is 16.9. The van der Waals surface area contributed by atoms with Gasteiger partial charge >= 0.3 is 17.9 Å². The van der Waals surface area contributed by atoms with Crippen LogP contribution in [0.25, 0.3) is 0 Å². The van der Waals surface area contributed by atoms with Crippen LogP contribution in [0.4, 0.5) is 0 Å². The highest BCUT2D eigenvalue weighted by atomic mass is 16.6. The Balaban J connectivity index is 2.33. The third-order valence-corrected chi connectivity index (χ3v) is 6.92. The van der Waals surface area contributed by atoms with Gasteiger partial charge in [-0.3, -0.25) is 14.4 Å². The van der Waals surface area contributed by atoms with Gasteiger partial charge in [-0.15, -0.1) is 0 Å². The lowest BCUT2D eigenvalue weighted by Crippen LogP contribution is -2.32. The van der Waals surface area contributed by atoms with Gasteiger partial charge in [-0.1, -0.05) is 26.5 Å². The topological polar surface area (TPSA) is 132 Å². The molecule has 2 N–H and O–H groups in total. The van der Waals surface area contributed by atoms with E-state index >= 15 is 0 Å². The summed E-state index contributed by atoms with van der Waals surface area (Å²) in [5.41, 5.74) is 0.619. The molecule has 0 saturated carbocycles. The molecule has 2 aliphatic rings. The fourth-order valence-electron chi connectivity index (χ4n) is 4.29. The number of carbonyl (C=O) groups excluding carboxylic acids is 3. The van der Waals surface area contributed by atoms with Crippen molar-refractivity contribution in [1.82, 2.24) is 0 Å². The molecule has 0 amide bonds. The zero-order valence-corrected chi connectivity index (χ0v) is 22.2. The number of ether oxygens (including phenoxy) is 4. The molecule has 0 radical (unpaired) electrons. The Kier molecular flexibility index (Phi) is 11.1. The first kappa shape index (κ1) is 30.0. The summed E-state index contributed by atoms with van der Waals surface area (Å²) in [6.07, 6.45) is 2.31. The summed E-state index contributed by atoms with van der Waals surface area (Å²) in [6.45, 7) is 12.2. The van der Waals surface area contributed by atoms with Crippen LogP contribution in [-0.2, 0) is 33.3 Å². The van der Waals surface area contributed by atoms with E-state index in [9.17, 15) is 24.6 Å². The summed E-state index contributed by atoms with van der Waals surface area (Å²) >= 11 is 0. The summed E-state index contributed by atoms with van der Waals surface area (Å²) in [5, 5.41) is 19.7. The van der Waals surface area contributed by atoms with Crippen molar-refractivity contribution in [2.24, 2.45) is 17.8 Å². The van der Waals surface area contributed by atoms with Crippen molar-refractivity contribution >= 4 is 17.9 Å². The average molecular weight is 511 g/mol. The molecular formula is C27H42O9. The van der Waals surface area contributed by atoms with Crippen molar-refractivity contribution in [1.29, 1.82) is 0 Å². The lowest BCUT2D eigenvalue weighted by Gasteiger charge is -2.28. The molecule has 0 bridgehead atoms. The molecule has 0 aromatic carbocycles. The van der Waals surface area contributed by atoms with Crippen molar-refractivity contribution in [2.75, 3.05) is 19.8 Å². The van der Waals surface area contributed by atoms with Crippen molar-refractivity contribution < 1.29 is 43.5 Å². The van der Waals surface area contributed by atoms with Crippen LogP contribution in [-0.4, -0.2) is 71.9 Å². The van der Waals surface area contributed by atoms with E-state index in [2.05, 4.69) is 6.58 Å². The number of rotatable bonds is 11. The maximum atomic E-state index is 12.7. The second kappa shape index (κ2) is 13.4. The molecule has 6 unspecified atom stereocenters. The molecule has 36 heavy (non-hydrogen) atoms. The number of hydrogen-bond acceptors (Lipinski definition) is 9. The fourth-order valence-corrected chi connectivity index (χ4v) is 4.29. The lowest BCUT2D eigenvalue weighted by molar-refractivity contribution is -0.152. The van der Waals surface area contributed by atoms with Crippen molar-refractivity contribution in [2.45, 2.75) is 90.6 Å². The second-order valence-electron chi connectivity index (χ2n) is 10.5. The maximum Gasteiger partial charge on any atom is 0.311 e. The van der Waals surface area contributed by atoms with Crippen LogP contribution in [0.2, 0.25) is 0 Å². The van der Waals surface area contributed by atoms with E-state index in [0.717, 1.165) is 0 Å². The Morgan fingerprint density at radius 1 is 1.19 bits per heavy atom. The molecule has 1 fully saturated rings. The van der Waals surface area contributed by atoms with Gasteiger partial charge in [0, 0.05) is 18.9 Å². The Hall–Kier alpha value is -2.23. The number of epoxide rings is 1. The molecule has 1 aliphatic carbocycles. The summed E-state index contributed by atoms with van der Waals surface area (Å²) < 4.78 is 22.5. The van der Waals surface area contributed by atoms with Crippen LogP contribution >= 0.6 is 0 Å². The minimum Gasteiger partial charge on any atom is -0.461 e. The van der Waals surface area contributed by atoms with Gasteiger partial charge in [-0.2, -0.15) is 0 Å². The fraction of sp³-hybridized carbons (Fsp3) is 0.741. The first-order valence-corrected chi connectivity index (χ1v) is 12.7. The van der Waals surface area contributed by atoms with Gasteiger partial charge in [0.15, 0.2) is 0 Å². The standard InChI is InChI=1S/C27H42O9/c1-16(2)10-25(31)35-23-11-22(17(3)13-33-20(6)30)12-24-27(15-28,36-24)9-7-8-21(23)14-34-26(32)18(4)19(5)29/h8,16,18-19,22-24,28-29H,3,7,9-15H2,1-2,4-6H3. The molecule has 1 aliphatic heterocycles. The molecule has 9 nitrogen and oxygen atoms in total. The summed E-state index contributed by atoms with van der Waals surface area (Å²) in [5.74, 6) is -2.19. The van der Waals surface area contributed by atoms with Gasteiger partial charge in [-0.05, 0) is 56.9 Å². The molecule has 0 aromatic rings. The number of aliphatic hydroxyl groups is 2. The number of allylic oxidation sites excluding steroid dienone is 1. The van der Waals surface area contributed by atoms with E-state index in [1.165, 1.54) is 13.8 Å². The monoisotopic (exact) mass is 510 g/mol. The van der Waals surface area contributed by atoms with Gasteiger partial charge in [0.25, 0.3) is 0 Å². The zero-order chi connectivity index (χ0) is 27.0. The van der Waals surface area contributed by atoms with E-state index in [0.29, 0.717) is 36.8 Å². The lowest BCUT2D eigenvalue weighted by atomic mass is 9.83. The van der Waals surface area contributed by atoms with Gasteiger partial charge in [-0.25, -0.2) is 0 Å². The van der Waals surface area contributed by atoms with E-state index in [1.807, 2.05) is 19.9 Å². The van der Waals surface area contributed by atoms with Gasteiger partial charge in [0.1, 0.15) is 24.9 Å². The predicted molar refractivity (Wildman–Crippen MR) is 132 cm³/mol. The quantitative estimate of drug-likeness (QED) is 0.186. The molecule has 0 spiro atoms. The number of carbonyl (C=O) groups is 3. The molecule has 2 rings (SSSR count).